The van der Waals surface area contributed by atoms with Crippen LogP contribution < -0.4 is 5.32 Å². The van der Waals surface area contributed by atoms with E-state index in [0.717, 1.165) is 9.80 Å². The molecule has 0 unspecified atom stereocenters. The largest absolute Gasteiger partial charge is 0.390 e. The summed E-state index contributed by atoms with van der Waals surface area (Å²) in [7, 11) is 13.0. The van der Waals surface area contributed by atoms with Crippen molar-refractivity contribution in [3.8, 4) is 0 Å². The third-order valence-corrected chi connectivity index (χ3v) is 17.9. The van der Waals surface area contributed by atoms with Crippen LogP contribution in [0.3, 0.4) is 0 Å². The van der Waals surface area contributed by atoms with E-state index in [9.17, 15) is 38.7 Å². The zero-order chi connectivity index (χ0) is 69.0. The normalized spacial score (nSPS) is 27.3. The molecule has 0 bridgehead atoms. The molecule has 1 fully saturated rings. The number of carbonyl (C=O) groups excluding carboxylic acids is 11. The van der Waals surface area contributed by atoms with Crippen molar-refractivity contribution >= 4 is 64.6 Å². The summed E-state index contributed by atoms with van der Waals surface area (Å²) in [5, 5.41) is 15.0. The Bertz CT molecular complexity index is 2410. The quantitative estimate of drug-likeness (QED) is 0.154. The molecule has 1 rings (SSSR count). The van der Waals surface area contributed by atoms with Gasteiger partial charge in [-0.1, -0.05) is 109 Å². The van der Waals surface area contributed by atoms with Crippen LogP contribution in [0, 0.1) is 59.2 Å². The summed E-state index contributed by atoms with van der Waals surface area (Å²) in [6, 6.07) is -9.94. The molecule has 510 valence electrons. The molecule has 0 aromatic heterocycles. The summed E-state index contributed by atoms with van der Waals surface area (Å²) in [5.74, 6) is -12.0. The molecular formula is C67H118N8O14. The van der Waals surface area contributed by atoms with Crippen molar-refractivity contribution in [1.29, 1.82) is 0 Å². The number of amides is 8. The second-order valence-electron chi connectivity index (χ2n) is 27.4. The lowest BCUT2D eigenvalue weighted by Crippen LogP contribution is -2.63. The number of methoxy groups -OCH3 is 2. The van der Waals surface area contributed by atoms with Crippen LogP contribution in [-0.2, 0) is 62.2 Å². The molecule has 0 aliphatic carbocycles. The minimum Gasteiger partial charge on any atom is -0.390 e. The molecule has 0 spiro atoms. The van der Waals surface area contributed by atoms with Gasteiger partial charge in [0.05, 0.1) is 31.4 Å². The number of nitrogens with one attached hydrogen (secondary N) is 1. The molecule has 0 aromatic rings. The summed E-state index contributed by atoms with van der Waals surface area (Å²) in [4.78, 5) is 172. The monoisotopic (exact) mass is 1260 g/mol. The van der Waals surface area contributed by atoms with Crippen LogP contribution in [-0.4, -0.2) is 235 Å². The van der Waals surface area contributed by atoms with Crippen LogP contribution in [0.4, 0.5) is 0 Å². The first-order valence-electron chi connectivity index (χ1n) is 32.3. The first kappa shape index (κ1) is 81.4. The maximum absolute atomic E-state index is 15.2. The molecule has 1 heterocycles. The maximum atomic E-state index is 15.2. The highest BCUT2D eigenvalue weighted by Crippen LogP contribution is 2.30. The van der Waals surface area contributed by atoms with Gasteiger partial charge in [-0.25, -0.2) is 0 Å². The van der Waals surface area contributed by atoms with Crippen LogP contribution in [0.25, 0.3) is 0 Å². The summed E-state index contributed by atoms with van der Waals surface area (Å²) in [5.41, 5.74) is 0. The van der Waals surface area contributed by atoms with Crippen molar-refractivity contribution in [3.63, 3.8) is 0 Å². The van der Waals surface area contributed by atoms with E-state index >= 15 is 19.2 Å². The fourth-order valence-electron chi connectivity index (χ4n) is 12.1. The van der Waals surface area contributed by atoms with Crippen LogP contribution in [0.1, 0.15) is 162 Å². The average molecular weight is 1260 g/mol. The Morgan fingerprint density at radius 2 is 0.933 bits per heavy atom. The van der Waals surface area contributed by atoms with E-state index in [4.69, 9.17) is 9.47 Å². The summed E-state index contributed by atoms with van der Waals surface area (Å²) in [6.07, 6.45) is 2.09. The van der Waals surface area contributed by atoms with Crippen molar-refractivity contribution < 1.29 is 67.3 Å². The Hall–Kier alpha value is -5.61. The second kappa shape index (κ2) is 37.7. The van der Waals surface area contributed by atoms with Gasteiger partial charge in [0.1, 0.15) is 42.0 Å². The van der Waals surface area contributed by atoms with Gasteiger partial charge >= 0.3 is 0 Å². The highest BCUT2D eigenvalue weighted by molar-refractivity contribution is 6.00. The number of allylic oxidation sites excluding steroid dienone is 2. The Morgan fingerprint density at radius 1 is 0.494 bits per heavy atom. The van der Waals surface area contributed by atoms with E-state index < -0.39 is 149 Å². The number of ketones is 3. The van der Waals surface area contributed by atoms with E-state index in [1.807, 2.05) is 47.6 Å². The van der Waals surface area contributed by atoms with Crippen molar-refractivity contribution in [2.24, 2.45) is 59.2 Å². The minimum atomic E-state index is -1.63. The molecule has 1 saturated heterocycles. The summed E-state index contributed by atoms with van der Waals surface area (Å²) < 4.78 is 11.1. The van der Waals surface area contributed by atoms with Gasteiger partial charge in [-0.2, -0.15) is 0 Å². The van der Waals surface area contributed by atoms with Crippen LogP contribution in [0.2, 0.25) is 0 Å². The number of aliphatic hydroxyl groups is 1. The molecule has 89 heavy (non-hydrogen) atoms. The van der Waals surface area contributed by atoms with Crippen molar-refractivity contribution in [1.82, 2.24) is 39.6 Å². The number of carbonyl (C=O) groups is 11. The fraction of sp³-hybridized carbons (Fsp3) is 0.806. The highest BCUT2D eigenvalue weighted by atomic mass is 16.5. The Morgan fingerprint density at radius 3 is 1.38 bits per heavy atom. The maximum Gasteiger partial charge on any atom is 0.246 e. The molecule has 1 aliphatic rings. The van der Waals surface area contributed by atoms with E-state index in [2.05, 4.69) is 5.32 Å². The van der Waals surface area contributed by atoms with Crippen molar-refractivity contribution in [3.05, 3.63) is 12.2 Å². The van der Waals surface area contributed by atoms with Crippen LogP contribution >= 0.6 is 0 Å². The number of rotatable bonds is 18. The van der Waals surface area contributed by atoms with Gasteiger partial charge in [0.2, 0.25) is 47.3 Å². The predicted octanol–water partition coefficient (Wildman–Crippen LogP) is 5.79. The third-order valence-electron chi connectivity index (χ3n) is 17.9. The topological polar surface area (TPSA) is 261 Å². The number of aliphatic hydroxyl groups excluding tert-OH is 1. The summed E-state index contributed by atoms with van der Waals surface area (Å²) in [6.45, 7) is 28.1. The Balaban J connectivity index is 4.46. The molecule has 0 radical (unpaired) electrons. The van der Waals surface area contributed by atoms with Gasteiger partial charge in [0.25, 0.3) is 0 Å². The van der Waals surface area contributed by atoms with Gasteiger partial charge in [0, 0.05) is 106 Å². The molecule has 1 aliphatic heterocycles. The number of hydrogen-bond donors (Lipinski definition) is 2. The molecule has 0 saturated carbocycles. The number of hydrogen-bond acceptors (Lipinski definition) is 14. The Labute approximate surface area is 534 Å². The second-order valence-corrected chi connectivity index (χ2v) is 27.4. The molecule has 22 heteroatoms. The lowest BCUT2D eigenvalue weighted by molar-refractivity contribution is -0.157. The van der Waals surface area contributed by atoms with Crippen LogP contribution in [0.5, 0.6) is 0 Å². The SMILES string of the molecule is C/C=C/C[C@@H](C)[C@@H](O)[C@H]1C(=O)N[C@@H](CC)C(=O)N(C)[C@H](C)C(=O)N(C)[C@@H](C(COC)COC)C(=O)C[C@@H](C(C)C)C(=O)N(C)[C@@H](CC(C)C)C(=O)C[C@@H](C)C(=O)C[C@H](C)C(=O)N(C)[C@@H](CC(C)C)C(=O)N(C)[C@@H](CC(C)C)C(=O)N(C)[C@@H](C(C)C)C(=O)N1C. The molecule has 13 atom stereocenters. The Kier molecular flexibility index (Phi) is 34.4. The molecule has 8 amide bonds. The van der Waals surface area contributed by atoms with E-state index in [1.54, 1.807) is 68.4 Å². The van der Waals surface area contributed by atoms with Gasteiger partial charge in [-0.3, -0.25) is 52.7 Å². The lowest BCUT2D eigenvalue weighted by atomic mass is 9.83. The van der Waals surface area contributed by atoms with E-state index in [-0.39, 0.29) is 87.5 Å². The first-order chi connectivity index (χ1) is 41.2. The first-order valence-corrected chi connectivity index (χ1v) is 32.3. The number of likely N-dealkylation sites (N-methyl/N-ethyl adjacent to an activating group) is 7. The van der Waals surface area contributed by atoms with Gasteiger partial charge < -0.3 is 54.2 Å². The average Bonchev–Trinajstić information content (AvgIpc) is 3.24. The molecule has 0 aromatic carbocycles. The standard InChI is InChI=1S/C67H118N8O14/c1-26-28-29-43(13)59(79)58-60(80)68-49(27-2)64(84)69(17)46(16)62(82)74(22)57(47(36-88-24)37-89-25)55(78)35-48(41(9)10)63(83)70(18)50(30-38(3)4)54(77)33-44(14)53(76)34-45(15)61(81)71(19)51(31-39(5)6)65(85)72(20)52(32-40(7)8)66(86)73(21)56(42(11)12)67(87)75(58)23/h26,28,38-52,56-59,79H,27,29-37H2,1-25H3,(H,68,80)/b28-26+/t43-,44-,45+,46-,48+,49+,50+,51+,52+,56+,57+,58+,59-/m1/s1. The molecular weight excluding hydrogens is 1140 g/mol. The molecule has 22 nitrogen and oxygen atoms in total. The predicted molar refractivity (Wildman–Crippen MR) is 344 cm³/mol. The molecule has 2 N–H and O–H groups in total. The van der Waals surface area contributed by atoms with Crippen molar-refractivity contribution in [2.45, 2.75) is 217 Å². The fourth-order valence-corrected chi connectivity index (χ4v) is 12.1. The number of nitrogens with zero attached hydrogens (tertiary/aromatic N) is 7. The minimum absolute atomic E-state index is 0.00129. The van der Waals surface area contributed by atoms with Gasteiger partial charge in [0.15, 0.2) is 11.6 Å². The number of ether oxygens (including phenoxy) is 2. The van der Waals surface area contributed by atoms with E-state index in [0.29, 0.717) is 6.42 Å². The third kappa shape index (κ3) is 22.3. The zero-order valence-electron chi connectivity index (χ0n) is 59.1. The van der Waals surface area contributed by atoms with E-state index in [1.165, 1.54) is 95.0 Å². The van der Waals surface area contributed by atoms with Gasteiger partial charge in [-0.05, 0) is 81.5 Å². The smallest absolute Gasteiger partial charge is 0.246 e. The summed E-state index contributed by atoms with van der Waals surface area (Å²) >= 11 is 0. The lowest BCUT2D eigenvalue weighted by Gasteiger charge is -2.41. The number of Topliss-reactive ketones (excluding diaryl/α,β-unsaturated/α-hetero) is 3. The zero-order valence-corrected chi connectivity index (χ0v) is 59.1. The highest BCUT2D eigenvalue weighted by Gasteiger charge is 2.47. The van der Waals surface area contributed by atoms with Gasteiger partial charge in [-0.15, -0.1) is 0 Å². The van der Waals surface area contributed by atoms with Crippen molar-refractivity contribution in [2.75, 3.05) is 76.8 Å². The van der Waals surface area contributed by atoms with Crippen LogP contribution in [0.15, 0.2) is 12.2 Å².